The molecule has 6 nitrogen and oxygen atoms in total. The molecule has 2 N–H and O–H groups in total. The minimum absolute atomic E-state index is 0.155. The molecule has 0 fully saturated rings. The maximum atomic E-state index is 12.4. The zero-order valence-corrected chi connectivity index (χ0v) is 16.5. The first-order valence-electron chi connectivity index (χ1n) is 8.89. The van der Waals surface area contributed by atoms with Crippen molar-refractivity contribution in [2.24, 2.45) is 0 Å². The molecule has 0 saturated heterocycles. The minimum atomic E-state index is -0.160. The molecular formula is C19H32N4O2. The van der Waals surface area contributed by atoms with Crippen LogP contribution in [-0.4, -0.2) is 48.0 Å². The van der Waals surface area contributed by atoms with Crippen LogP contribution in [0.1, 0.15) is 46.1 Å². The second-order valence-corrected chi connectivity index (χ2v) is 6.63. The van der Waals surface area contributed by atoms with E-state index in [1.807, 2.05) is 46.8 Å². The third-order valence-electron chi connectivity index (χ3n) is 4.88. The summed E-state index contributed by atoms with van der Waals surface area (Å²) < 4.78 is 0. The Morgan fingerprint density at radius 3 is 1.92 bits per heavy atom. The summed E-state index contributed by atoms with van der Waals surface area (Å²) in [6, 6.07) is 5.52. The van der Waals surface area contributed by atoms with E-state index in [1.165, 1.54) is 0 Å². The van der Waals surface area contributed by atoms with Crippen LogP contribution in [0.25, 0.3) is 0 Å². The van der Waals surface area contributed by atoms with Crippen molar-refractivity contribution >= 4 is 23.4 Å². The summed E-state index contributed by atoms with van der Waals surface area (Å²) in [7, 11) is 3.56. The first kappa shape index (κ1) is 20.8. The number of rotatable bonds is 6. The van der Waals surface area contributed by atoms with Crippen LogP contribution in [-0.2, 0) is 0 Å². The molecule has 6 heteroatoms. The number of aryl methyl sites for hydroxylation is 1. The lowest BCUT2D eigenvalue weighted by atomic mass is 10.1. The monoisotopic (exact) mass is 348 g/mol. The van der Waals surface area contributed by atoms with Gasteiger partial charge in [0.1, 0.15) is 0 Å². The number of nitrogens with one attached hydrogen (secondary N) is 2. The Labute approximate surface area is 151 Å². The summed E-state index contributed by atoms with van der Waals surface area (Å²) in [6.07, 6.45) is 1.78. The molecule has 1 aromatic carbocycles. The Bertz CT molecular complexity index is 603. The Morgan fingerprint density at radius 2 is 1.44 bits per heavy atom. The number of anilines is 2. The fraction of sp³-hybridized carbons (Fsp3) is 0.579. The molecule has 0 aliphatic carbocycles. The maximum Gasteiger partial charge on any atom is 0.321 e. The number of hydrogen-bond acceptors (Lipinski definition) is 2. The van der Waals surface area contributed by atoms with Crippen molar-refractivity contribution in [1.29, 1.82) is 0 Å². The van der Waals surface area contributed by atoms with E-state index in [-0.39, 0.29) is 24.1 Å². The summed E-state index contributed by atoms with van der Waals surface area (Å²) in [5.41, 5.74) is 2.30. The van der Waals surface area contributed by atoms with E-state index < -0.39 is 0 Å². The Kier molecular flexibility index (Phi) is 7.74. The fourth-order valence-electron chi connectivity index (χ4n) is 2.20. The van der Waals surface area contributed by atoms with Gasteiger partial charge in [-0.2, -0.15) is 0 Å². The molecule has 0 heterocycles. The molecule has 0 aliphatic heterocycles. The lowest BCUT2D eigenvalue weighted by molar-refractivity contribution is 0.206. The number of benzene rings is 1. The Hall–Kier alpha value is -2.24. The molecule has 1 rings (SSSR count). The predicted molar refractivity (Wildman–Crippen MR) is 104 cm³/mol. The zero-order chi connectivity index (χ0) is 19.1. The van der Waals surface area contributed by atoms with Gasteiger partial charge in [-0.25, -0.2) is 9.59 Å². The average Bonchev–Trinajstić information content (AvgIpc) is 2.61. The van der Waals surface area contributed by atoms with Crippen LogP contribution in [0.5, 0.6) is 0 Å². The minimum Gasteiger partial charge on any atom is -0.325 e. The maximum absolute atomic E-state index is 12.4. The lowest BCUT2D eigenvalue weighted by Crippen LogP contribution is -2.38. The van der Waals surface area contributed by atoms with E-state index in [9.17, 15) is 9.59 Å². The van der Waals surface area contributed by atoms with Gasteiger partial charge in [0.15, 0.2) is 0 Å². The molecular weight excluding hydrogens is 316 g/mol. The van der Waals surface area contributed by atoms with E-state index >= 15 is 0 Å². The average molecular weight is 348 g/mol. The normalized spacial score (nSPS) is 12.9. The molecule has 1 aromatic rings. The van der Waals surface area contributed by atoms with Gasteiger partial charge >= 0.3 is 12.1 Å². The van der Waals surface area contributed by atoms with Crippen LogP contribution < -0.4 is 10.6 Å². The molecule has 0 radical (unpaired) electrons. The second-order valence-electron chi connectivity index (χ2n) is 6.63. The van der Waals surface area contributed by atoms with Crippen LogP contribution in [0.2, 0.25) is 0 Å². The third kappa shape index (κ3) is 5.66. The summed E-state index contributed by atoms with van der Waals surface area (Å²) in [6.45, 7) is 10.0. The van der Waals surface area contributed by atoms with Crippen LogP contribution in [0.15, 0.2) is 18.2 Å². The second kappa shape index (κ2) is 9.30. The summed E-state index contributed by atoms with van der Waals surface area (Å²) in [5, 5.41) is 5.81. The van der Waals surface area contributed by atoms with Gasteiger partial charge in [0.05, 0.1) is 0 Å². The van der Waals surface area contributed by atoms with Crippen molar-refractivity contribution in [3.8, 4) is 0 Å². The van der Waals surface area contributed by atoms with E-state index in [1.54, 1.807) is 30.0 Å². The molecule has 25 heavy (non-hydrogen) atoms. The first-order chi connectivity index (χ1) is 11.7. The lowest BCUT2D eigenvalue weighted by Gasteiger charge is -2.25. The van der Waals surface area contributed by atoms with E-state index in [0.717, 1.165) is 18.4 Å². The van der Waals surface area contributed by atoms with Crippen molar-refractivity contribution in [2.45, 2.75) is 59.5 Å². The van der Waals surface area contributed by atoms with Crippen LogP contribution >= 0.6 is 0 Å². The Morgan fingerprint density at radius 1 is 0.960 bits per heavy atom. The highest BCUT2D eigenvalue weighted by Crippen LogP contribution is 2.21. The Balaban J connectivity index is 2.86. The summed E-state index contributed by atoms with van der Waals surface area (Å²) in [5.74, 6) is 0. The number of hydrogen-bond donors (Lipinski definition) is 2. The molecule has 0 aromatic heterocycles. The van der Waals surface area contributed by atoms with Gasteiger partial charge in [0, 0.05) is 37.6 Å². The molecule has 140 valence electrons. The van der Waals surface area contributed by atoms with E-state index in [2.05, 4.69) is 10.6 Å². The molecule has 2 unspecified atom stereocenters. The number of carbonyl (C=O) groups excluding carboxylic acids is 2. The van der Waals surface area contributed by atoms with Crippen LogP contribution in [0.3, 0.4) is 0 Å². The molecule has 0 bridgehead atoms. The number of carbonyl (C=O) groups is 2. The van der Waals surface area contributed by atoms with Crippen LogP contribution in [0.4, 0.5) is 21.0 Å². The SMILES string of the molecule is CCC(C)N(C)C(=O)Nc1ccc(C)c(NC(=O)N(C)C(C)CC)c1. The molecule has 2 atom stereocenters. The molecule has 0 aliphatic rings. The van der Waals surface area contributed by atoms with Crippen molar-refractivity contribution in [3.63, 3.8) is 0 Å². The number of amides is 4. The highest BCUT2D eigenvalue weighted by atomic mass is 16.2. The number of urea groups is 2. The van der Waals surface area contributed by atoms with Gasteiger partial charge in [0.2, 0.25) is 0 Å². The van der Waals surface area contributed by atoms with Gasteiger partial charge in [-0.15, -0.1) is 0 Å². The van der Waals surface area contributed by atoms with Crippen molar-refractivity contribution < 1.29 is 9.59 Å². The van der Waals surface area contributed by atoms with Gasteiger partial charge in [0.25, 0.3) is 0 Å². The standard InChI is InChI=1S/C19H32N4O2/c1-8-14(4)22(6)18(24)20-16-11-10-13(3)17(12-16)21-19(25)23(7)15(5)9-2/h10-12,14-15H,8-9H2,1-7H3,(H,20,24)(H,21,25). The van der Waals surface area contributed by atoms with E-state index in [4.69, 9.17) is 0 Å². The summed E-state index contributed by atoms with van der Waals surface area (Å²) >= 11 is 0. The highest BCUT2D eigenvalue weighted by molar-refractivity contribution is 5.93. The number of nitrogens with zero attached hydrogens (tertiary/aromatic N) is 2. The quantitative estimate of drug-likeness (QED) is 0.794. The largest absolute Gasteiger partial charge is 0.325 e. The predicted octanol–water partition coefficient (Wildman–Crippen LogP) is 4.52. The van der Waals surface area contributed by atoms with Crippen LogP contribution in [0, 0.1) is 6.92 Å². The van der Waals surface area contributed by atoms with Crippen molar-refractivity contribution in [3.05, 3.63) is 23.8 Å². The third-order valence-corrected chi connectivity index (χ3v) is 4.88. The molecule has 0 saturated carbocycles. The molecule has 4 amide bonds. The van der Waals surface area contributed by atoms with Gasteiger partial charge in [-0.05, 0) is 51.3 Å². The zero-order valence-electron chi connectivity index (χ0n) is 16.5. The van der Waals surface area contributed by atoms with Gasteiger partial charge < -0.3 is 20.4 Å². The highest BCUT2D eigenvalue weighted by Gasteiger charge is 2.17. The topological polar surface area (TPSA) is 64.7 Å². The van der Waals surface area contributed by atoms with E-state index in [0.29, 0.717) is 11.4 Å². The first-order valence-corrected chi connectivity index (χ1v) is 8.89. The van der Waals surface area contributed by atoms with Gasteiger partial charge in [-0.1, -0.05) is 19.9 Å². The molecule has 0 spiro atoms. The van der Waals surface area contributed by atoms with Crippen molar-refractivity contribution in [2.75, 3.05) is 24.7 Å². The van der Waals surface area contributed by atoms with Crippen molar-refractivity contribution in [1.82, 2.24) is 9.80 Å². The van der Waals surface area contributed by atoms with Gasteiger partial charge in [-0.3, -0.25) is 0 Å². The fourth-order valence-corrected chi connectivity index (χ4v) is 2.20. The summed E-state index contributed by atoms with van der Waals surface area (Å²) in [4.78, 5) is 28.0. The smallest absolute Gasteiger partial charge is 0.321 e.